The fourth-order valence-corrected chi connectivity index (χ4v) is 3.18. The van der Waals surface area contributed by atoms with E-state index in [-0.39, 0.29) is 0 Å². The van der Waals surface area contributed by atoms with Gasteiger partial charge in [-0.3, -0.25) is 4.90 Å². The first kappa shape index (κ1) is 17.0. The molecule has 0 radical (unpaired) electrons. The van der Waals surface area contributed by atoms with Gasteiger partial charge < -0.3 is 10.6 Å². The van der Waals surface area contributed by atoms with Crippen molar-refractivity contribution in [1.82, 2.24) is 14.9 Å². The Morgan fingerprint density at radius 3 is 2.88 bits per heavy atom. The maximum absolute atomic E-state index is 5.96. The van der Waals surface area contributed by atoms with E-state index in [0.717, 1.165) is 43.4 Å². The van der Waals surface area contributed by atoms with Crippen LogP contribution >= 0.6 is 11.6 Å². The van der Waals surface area contributed by atoms with E-state index in [1.807, 2.05) is 18.2 Å². The molecule has 1 aliphatic rings. The largest absolute Gasteiger partial charge is 0.370 e. The molecular weight excluding hydrogens is 322 g/mol. The molecule has 0 bridgehead atoms. The minimum Gasteiger partial charge on any atom is -0.370 e. The van der Waals surface area contributed by atoms with Crippen LogP contribution < -0.4 is 10.6 Å². The van der Waals surface area contributed by atoms with Crippen LogP contribution in [0.15, 0.2) is 36.5 Å². The van der Waals surface area contributed by atoms with Crippen LogP contribution in [0.25, 0.3) is 0 Å². The van der Waals surface area contributed by atoms with Crippen molar-refractivity contribution in [3.05, 3.63) is 47.1 Å². The third kappa shape index (κ3) is 4.82. The Hall–Kier alpha value is -1.85. The molecule has 3 rings (SSSR count). The normalized spacial score (nSPS) is 18.3. The lowest BCUT2D eigenvalue weighted by Crippen LogP contribution is -2.41. The fourth-order valence-electron chi connectivity index (χ4n) is 3.06. The molecule has 0 unspecified atom stereocenters. The summed E-state index contributed by atoms with van der Waals surface area (Å²) in [5.74, 6) is 1.57. The van der Waals surface area contributed by atoms with E-state index in [4.69, 9.17) is 11.6 Å². The Labute approximate surface area is 148 Å². The Morgan fingerprint density at radius 2 is 2.08 bits per heavy atom. The molecule has 6 heteroatoms. The molecule has 0 saturated carbocycles. The van der Waals surface area contributed by atoms with E-state index in [9.17, 15) is 0 Å². The van der Waals surface area contributed by atoms with Gasteiger partial charge in [0.15, 0.2) is 0 Å². The second-order valence-corrected chi connectivity index (χ2v) is 6.58. The summed E-state index contributed by atoms with van der Waals surface area (Å²) < 4.78 is 0. The van der Waals surface area contributed by atoms with Crippen LogP contribution in [0.3, 0.4) is 0 Å². The van der Waals surface area contributed by atoms with Gasteiger partial charge in [-0.2, -0.15) is 4.98 Å². The Kier molecular flexibility index (Phi) is 5.88. The molecule has 2 heterocycles. The third-order valence-corrected chi connectivity index (χ3v) is 4.42. The van der Waals surface area contributed by atoms with Crippen molar-refractivity contribution in [1.29, 1.82) is 0 Å². The first-order valence-electron chi connectivity index (χ1n) is 8.53. The molecule has 5 nitrogen and oxygen atoms in total. The second kappa shape index (κ2) is 8.31. The summed E-state index contributed by atoms with van der Waals surface area (Å²) in [7, 11) is 0. The van der Waals surface area contributed by atoms with Crippen LogP contribution in [0.2, 0.25) is 5.02 Å². The van der Waals surface area contributed by atoms with E-state index in [2.05, 4.69) is 44.6 Å². The van der Waals surface area contributed by atoms with Crippen molar-refractivity contribution >= 4 is 23.4 Å². The summed E-state index contributed by atoms with van der Waals surface area (Å²) >= 11 is 5.96. The first-order valence-corrected chi connectivity index (χ1v) is 8.91. The first-order chi connectivity index (χ1) is 11.7. The average Bonchev–Trinajstić information content (AvgIpc) is 2.58. The maximum atomic E-state index is 5.96. The number of likely N-dealkylation sites (tertiary alicyclic amines) is 1. The number of hydrogen-bond acceptors (Lipinski definition) is 5. The summed E-state index contributed by atoms with van der Waals surface area (Å²) in [4.78, 5) is 11.3. The highest BCUT2D eigenvalue weighted by molar-refractivity contribution is 6.30. The molecular formula is C18H24ClN5. The molecule has 24 heavy (non-hydrogen) atoms. The molecule has 1 aromatic carbocycles. The molecule has 1 fully saturated rings. The van der Waals surface area contributed by atoms with Crippen molar-refractivity contribution in [3.8, 4) is 0 Å². The Morgan fingerprint density at radius 1 is 1.25 bits per heavy atom. The van der Waals surface area contributed by atoms with Crippen LogP contribution in [0.4, 0.5) is 11.8 Å². The number of nitrogens with one attached hydrogen (secondary N) is 2. The summed E-state index contributed by atoms with van der Waals surface area (Å²) in [5, 5.41) is 7.49. The number of aromatic nitrogens is 2. The third-order valence-electron chi connectivity index (χ3n) is 4.17. The van der Waals surface area contributed by atoms with Crippen molar-refractivity contribution in [2.24, 2.45) is 0 Å². The zero-order chi connectivity index (χ0) is 16.8. The smallest absolute Gasteiger partial charge is 0.224 e. The van der Waals surface area contributed by atoms with Crippen LogP contribution in [0, 0.1) is 0 Å². The van der Waals surface area contributed by atoms with Gasteiger partial charge in [0.1, 0.15) is 5.82 Å². The zero-order valence-corrected chi connectivity index (χ0v) is 14.8. The number of halogens is 1. The Balaban J connectivity index is 1.57. The quantitative estimate of drug-likeness (QED) is 0.837. The number of benzene rings is 1. The van der Waals surface area contributed by atoms with Crippen LogP contribution in [-0.4, -0.2) is 40.5 Å². The van der Waals surface area contributed by atoms with Gasteiger partial charge in [0.25, 0.3) is 0 Å². The lowest BCUT2D eigenvalue weighted by molar-refractivity contribution is 0.208. The van der Waals surface area contributed by atoms with E-state index in [1.165, 1.54) is 12.0 Å². The molecule has 2 aromatic rings. The summed E-state index contributed by atoms with van der Waals surface area (Å²) in [6.07, 6.45) is 4.12. The minimum atomic E-state index is 0.378. The van der Waals surface area contributed by atoms with Crippen LogP contribution in [0.1, 0.15) is 25.3 Å². The standard InChI is InChI=1S/C18H24ClN5/c1-2-20-17-9-10-21-18(23-17)22-16-4-3-11-24(13-16)12-14-5-7-15(19)8-6-14/h5-10,16H,2-4,11-13H2,1H3,(H2,20,21,22,23)/t16-/m1/s1. The van der Waals surface area contributed by atoms with Gasteiger partial charge >= 0.3 is 0 Å². The summed E-state index contributed by atoms with van der Waals surface area (Å²) in [6.45, 7) is 5.99. The SMILES string of the molecule is CCNc1ccnc(N[C@@H]2CCCN(Cc3ccc(Cl)cc3)C2)n1. The predicted molar refractivity (Wildman–Crippen MR) is 99.6 cm³/mol. The van der Waals surface area contributed by atoms with E-state index in [0.29, 0.717) is 12.0 Å². The number of anilines is 2. The van der Waals surface area contributed by atoms with Crippen molar-refractivity contribution in [2.75, 3.05) is 30.3 Å². The maximum Gasteiger partial charge on any atom is 0.224 e. The number of hydrogen-bond donors (Lipinski definition) is 2. The topological polar surface area (TPSA) is 53.1 Å². The average molecular weight is 346 g/mol. The molecule has 2 N–H and O–H groups in total. The summed E-state index contributed by atoms with van der Waals surface area (Å²) in [5.41, 5.74) is 1.30. The van der Waals surface area contributed by atoms with Gasteiger partial charge in [0.2, 0.25) is 5.95 Å². The lowest BCUT2D eigenvalue weighted by Gasteiger charge is -2.33. The highest BCUT2D eigenvalue weighted by Crippen LogP contribution is 2.18. The van der Waals surface area contributed by atoms with Gasteiger partial charge in [-0.1, -0.05) is 23.7 Å². The van der Waals surface area contributed by atoms with Gasteiger partial charge in [-0.05, 0) is 50.1 Å². The highest BCUT2D eigenvalue weighted by atomic mass is 35.5. The molecule has 128 valence electrons. The Bertz CT molecular complexity index is 646. The van der Waals surface area contributed by atoms with Crippen LogP contribution in [-0.2, 0) is 6.54 Å². The van der Waals surface area contributed by atoms with E-state index in [1.54, 1.807) is 6.20 Å². The van der Waals surface area contributed by atoms with Gasteiger partial charge in [0, 0.05) is 36.9 Å². The molecule has 1 aliphatic heterocycles. The van der Waals surface area contributed by atoms with E-state index < -0.39 is 0 Å². The highest BCUT2D eigenvalue weighted by Gasteiger charge is 2.20. The predicted octanol–water partition coefficient (Wildman–Crippen LogP) is 3.64. The zero-order valence-electron chi connectivity index (χ0n) is 14.0. The number of rotatable bonds is 6. The number of piperidine rings is 1. The second-order valence-electron chi connectivity index (χ2n) is 6.14. The van der Waals surface area contributed by atoms with E-state index >= 15 is 0 Å². The molecule has 0 aliphatic carbocycles. The van der Waals surface area contributed by atoms with Crippen molar-refractivity contribution < 1.29 is 0 Å². The minimum absolute atomic E-state index is 0.378. The molecule has 0 spiro atoms. The summed E-state index contributed by atoms with van der Waals surface area (Å²) in [6, 6.07) is 10.4. The van der Waals surface area contributed by atoms with Crippen molar-refractivity contribution in [3.63, 3.8) is 0 Å². The monoisotopic (exact) mass is 345 g/mol. The van der Waals surface area contributed by atoms with Gasteiger partial charge in [0.05, 0.1) is 0 Å². The fraction of sp³-hybridized carbons (Fsp3) is 0.444. The molecule has 1 atom stereocenters. The van der Waals surface area contributed by atoms with Crippen molar-refractivity contribution in [2.45, 2.75) is 32.4 Å². The molecule has 0 amide bonds. The van der Waals surface area contributed by atoms with Gasteiger partial charge in [-0.25, -0.2) is 4.98 Å². The van der Waals surface area contributed by atoms with Gasteiger partial charge in [-0.15, -0.1) is 0 Å². The van der Waals surface area contributed by atoms with Crippen LogP contribution in [0.5, 0.6) is 0 Å². The molecule has 1 saturated heterocycles. The molecule has 1 aromatic heterocycles. The lowest BCUT2D eigenvalue weighted by atomic mass is 10.0. The number of nitrogens with zero attached hydrogens (tertiary/aromatic N) is 3.